The molecule has 1 aliphatic rings. The number of nitrogens with one attached hydrogen (secondary N) is 1. The maximum atomic E-state index is 13.9. The molecule has 2 rings (SSSR count). The number of hydrogen-bond acceptors (Lipinski definition) is 2. The third-order valence-electron chi connectivity index (χ3n) is 3.45. The zero-order valence-electron chi connectivity index (χ0n) is 10.9. The van der Waals surface area contributed by atoms with Crippen LogP contribution in [0, 0.1) is 23.4 Å². The van der Waals surface area contributed by atoms with Gasteiger partial charge in [-0.3, -0.25) is 0 Å². The van der Waals surface area contributed by atoms with Gasteiger partial charge in [-0.05, 0) is 42.9 Å². The van der Waals surface area contributed by atoms with Crippen molar-refractivity contribution >= 4 is 11.8 Å². The fourth-order valence-electron chi connectivity index (χ4n) is 2.43. The maximum absolute atomic E-state index is 13.9. The zero-order valence-corrected chi connectivity index (χ0v) is 11.7. The lowest BCUT2D eigenvalue weighted by Crippen LogP contribution is -2.30. The molecule has 1 aromatic carbocycles. The van der Waals surface area contributed by atoms with E-state index in [1.54, 1.807) is 0 Å². The van der Waals surface area contributed by atoms with E-state index in [4.69, 9.17) is 0 Å². The Morgan fingerprint density at radius 1 is 1.32 bits per heavy atom. The molecule has 5 heteroatoms. The molecule has 1 heterocycles. The number of halogens is 3. The van der Waals surface area contributed by atoms with Gasteiger partial charge in [-0.2, -0.15) is 11.8 Å². The highest BCUT2D eigenvalue weighted by Crippen LogP contribution is 2.35. The van der Waals surface area contributed by atoms with Gasteiger partial charge in [0, 0.05) is 11.6 Å². The summed E-state index contributed by atoms with van der Waals surface area (Å²) in [6.45, 7) is 2.76. The standard InChI is InChI=1S/C14H18F3NS/c1-2-6-18-14(9-5-7-19-8-9)10-3-4-11(15)13(17)12(10)16/h3-4,9,14,18H,2,5-8H2,1H3. The van der Waals surface area contributed by atoms with Crippen LogP contribution in [0.4, 0.5) is 13.2 Å². The van der Waals surface area contributed by atoms with Gasteiger partial charge < -0.3 is 5.32 Å². The van der Waals surface area contributed by atoms with Crippen molar-refractivity contribution in [2.75, 3.05) is 18.1 Å². The number of benzene rings is 1. The van der Waals surface area contributed by atoms with Gasteiger partial charge in [0.1, 0.15) is 0 Å². The molecule has 0 amide bonds. The molecule has 2 atom stereocenters. The average molecular weight is 289 g/mol. The third-order valence-corrected chi connectivity index (χ3v) is 4.64. The van der Waals surface area contributed by atoms with Crippen molar-refractivity contribution in [2.24, 2.45) is 5.92 Å². The lowest BCUT2D eigenvalue weighted by atomic mass is 9.91. The Bertz CT molecular complexity index is 433. The van der Waals surface area contributed by atoms with Crippen molar-refractivity contribution in [3.63, 3.8) is 0 Å². The smallest absolute Gasteiger partial charge is 0.194 e. The fraction of sp³-hybridized carbons (Fsp3) is 0.571. The van der Waals surface area contributed by atoms with Crippen LogP contribution in [-0.2, 0) is 0 Å². The minimum absolute atomic E-state index is 0.231. The van der Waals surface area contributed by atoms with Crippen LogP contribution in [0.1, 0.15) is 31.4 Å². The molecule has 0 bridgehead atoms. The Balaban J connectivity index is 2.28. The highest BCUT2D eigenvalue weighted by Gasteiger charge is 2.29. The van der Waals surface area contributed by atoms with E-state index in [-0.39, 0.29) is 17.5 Å². The molecular weight excluding hydrogens is 271 g/mol. The van der Waals surface area contributed by atoms with Gasteiger partial charge in [0.15, 0.2) is 17.5 Å². The molecule has 0 radical (unpaired) electrons. The molecule has 1 aliphatic heterocycles. The van der Waals surface area contributed by atoms with Crippen molar-refractivity contribution in [3.8, 4) is 0 Å². The molecule has 1 saturated heterocycles. The number of rotatable bonds is 5. The molecule has 19 heavy (non-hydrogen) atoms. The molecule has 1 aromatic rings. The number of hydrogen-bond donors (Lipinski definition) is 1. The lowest BCUT2D eigenvalue weighted by molar-refractivity contribution is 0.366. The van der Waals surface area contributed by atoms with Crippen LogP contribution < -0.4 is 5.32 Å². The average Bonchev–Trinajstić information content (AvgIpc) is 2.92. The van der Waals surface area contributed by atoms with Gasteiger partial charge in [0.05, 0.1) is 0 Å². The second kappa shape index (κ2) is 6.66. The summed E-state index contributed by atoms with van der Waals surface area (Å²) in [5, 5.41) is 3.27. The van der Waals surface area contributed by atoms with Crippen molar-refractivity contribution in [1.82, 2.24) is 5.32 Å². The van der Waals surface area contributed by atoms with Crippen LogP contribution >= 0.6 is 11.8 Å². The molecule has 0 aromatic heterocycles. The van der Waals surface area contributed by atoms with Gasteiger partial charge in [-0.25, -0.2) is 13.2 Å². The summed E-state index contributed by atoms with van der Waals surface area (Å²) in [5.74, 6) is -1.30. The first-order chi connectivity index (χ1) is 9.15. The predicted octanol–water partition coefficient (Wildman–Crippen LogP) is 3.90. The highest BCUT2D eigenvalue weighted by atomic mass is 32.2. The molecular formula is C14H18F3NS. The molecule has 1 fully saturated rings. The summed E-state index contributed by atoms with van der Waals surface area (Å²) < 4.78 is 40.3. The van der Waals surface area contributed by atoms with Crippen molar-refractivity contribution < 1.29 is 13.2 Å². The van der Waals surface area contributed by atoms with Crippen LogP contribution in [0.5, 0.6) is 0 Å². The monoisotopic (exact) mass is 289 g/mol. The summed E-state index contributed by atoms with van der Waals surface area (Å²) in [7, 11) is 0. The molecule has 1 N–H and O–H groups in total. The van der Waals surface area contributed by atoms with E-state index in [1.165, 1.54) is 6.07 Å². The van der Waals surface area contributed by atoms with E-state index in [0.29, 0.717) is 0 Å². The van der Waals surface area contributed by atoms with Crippen LogP contribution in [-0.4, -0.2) is 18.1 Å². The topological polar surface area (TPSA) is 12.0 Å². The van der Waals surface area contributed by atoms with Crippen LogP contribution in [0.3, 0.4) is 0 Å². The number of thioether (sulfide) groups is 1. The fourth-order valence-corrected chi connectivity index (χ4v) is 3.73. The zero-order chi connectivity index (χ0) is 13.8. The Morgan fingerprint density at radius 2 is 2.11 bits per heavy atom. The van der Waals surface area contributed by atoms with Crippen LogP contribution in [0.15, 0.2) is 12.1 Å². The van der Waals surface area contributed by atoms with Crippen molar-refractivity contribution in [3.05, 3.63) is 35.1 Å². The summed E-state index contributed by atoms with van der Waals surface area (Å²) in [6.07, 6.45) is 1.89. The van der Waals surface area contributed by atoms with E-state index in [0.717, 1.165) is 37.0 Å². The first-order valence-corrected chi connectivity index (χ1v) is 7.75. The lowest BCUT2D eigenvalue weighted by Gasteiger charge is -2.25. The molecule has 0 spiro atoms. The summed E-state index contributed by atoms with van der Waals surface area (Å²) in [5.41, 5.74) is 0.250. The first-order valence-electron chi connectivity index (χ1n) is 6.59. The Morgan fingerprint density at radius 3 is 2.74 bits per heavy atom. The Hall–Kier alpha value is -0.680. The van der Waals surface area contributed by atoms with Crippen LogP contribution in [0.2, 0.25) is 0 Å². The second-order valence-electron chi connectivity index (χ2n) is 4.82. The molecule has 106 valence electrons. The highest BCUT2D eigenvalue weighted by molar-refractivity contribution is 7.99. The van der Waals surface area contributed by atoms with Crippen LogP contribution in [0.25, 0.3) is 0 Å². The van der Waals surface area contributed by atoms with E-state index in [2.05, 4.69) is 5.32 Å². The van der Waals surface area contributed by atoms with E-state index < -0.39 is 17.5 Å². The normalized spacial score (nSPS) is 20.7. The predicted molar refractivity (Wildman–Crippen MR) is 72.8 cm³/mol. The van der Waals surface area contributed by atoms with Crippen molar-refractivity contribution in [1.29, 1.82) is 0 Å². The maximum Gasteiger partial charge on any atom is 0.194 e. The minimum atomic E-state index is -1.37. The largest absolute Gasteiger partial charge is 0.310 e. The second-order valence-corrected chi connectivity index (χ2v) is 5.97. The van der Waals surface area contributed by atoms with E-state index >= 15 is 0 Å². The van der Waals surface area contributed by atoms with Gasteiger partial charge in [-0.1, -0.05) is 13.0 Å². The molecule has 1 nitrogen and oxygen atoms in total. The quantitative estimate of drug-likeness (QED) is 0.825. The van der Waals surface area contributed by atoms with E-state index in [1.807, 2.05) is 18.7 Å². The summed E-state index contributed by atoms with van der Waals surface area (Å²) >= 11 is 1.82. The first kappa shape index (κ1) is 14.7. The van der Waals surface area contributed by atoms with Gasteiger partial charge in [0.25, 0.3) is 0 Å². The third kappa shape index (κ3) is 3.26. The molecule has 0 aliphatic carbocycles. The Labute approximate surface area is 116 Å². The van der Waals surface area contributed by atoms with Gasteiger partial charge in [0.2, 0.25) is 0 Å². The molecule has 0 saturated carbocycles. The summed E-state index contributed by atoms with van der Waals surface area (Å²) in [4.78, 5) is 0. The van der Waals surface area contributed by atoms with E-state index in [9.17, 15) is 13.2 Å². The minimum Gasteiger partial charge on any atom is -0.310 e. The SMILES string of the molecule is CCCNC(c1ccc(F)c(F)c1F)C1CCSC1. The van der Waals surface area contributed by atoms with Crippen molar-refractivity contribution in [2.45, 2.75) is 25.8 Å². The van der Waals surface area contributed by atoms with Gasteiger partial charge in [-0.15, -0.1) is 0 Å². The summed E-state index contributed by atoms with van der Waals surface area (Å²) in [6, 6.07) is 2.14. The molecule has 2 unspecified atom stereocenters. The van der Waals surface area contributed by atoms with Gasteiger partial charge >= 0.3 is 0 Å². The Kier molecular flexibility index (Phi) is 5.16.